The van der Waals surface area contributed by atoms with Gasteiger partial charge in [-0.1, -0.05) is 20.8 Å². The molecular weight excluding hydrogens is 172 g/mol. The summed E-state index contributed by atoms with van der Waals surface area (Å²) in [5.41, 5.74) is 0.559. The number of nitrogens with one attached hydrogen (secondary N) is 1. The normalized spacial score (nSPS) is 40.5. The summed E-state index contributed by atoms with van der Waals surface area (Å²) in [5.74, 6) is 1.68. The third kappa shape index (κ3) is 1.59. The van der Waals surface area contributed by atoms with Crippen LogP contribution in [0.4, 0.5) is 0 Å². The highest BCUT2D eigenvalue weighted by Gasteiger charge is 2.47. The SMILES string of the molecule is CC(C)C(C)N1CC2CNCC2(C)C1. The molecule has 0 saturated carbocycles. The van der Waals surface area contributed by atoms with Gasteiger partial charge in [-0.2, -0.15) is 0 Å². The van der Waals surface area contributed by atoms with Crippen LogP contribution in [-0.4, -0.2) is 37.1 Å². The molecule has 82 valence electrons. The lowest BCUT2D eigenvalue weighted by Gasteiger charge is -2.29. The van der Waals surface area contributed by atoms with Crippen molar-refractivity contribution in [1.29, 1.82) is 0 Å². The molecule has 2 nitrogen and oxygen atoms in total. The van der Waals surface area contributed by atoms with Crippen molar-refractivity contribution in [2.24, 2.45) is 17.3 Å². The summed E-state index contributed by atoms with van der Waals surface area (Å²) < 4.78 is 0. The van der Waals surface area contributed by atoms with Crippen LogP contribution >= 0.6 is 0 Å². The van der Waals surface area contributed by atoms with E-state index < -0.39 is 0 Å². The smallest absolute Gasteiger partial charge is 0.00902 e. The molecular formula is C12H24N2. The van der Waals surface area contributed by atoms with Crippen LogP contribution in [0.5, 0.6) is 0 Å². The quantitative estimate of drug-likeness (QED) is 0.721. The maximum absolute atomic E-state index is 3.53. The molecule has 2 aliphatic heterocycles. The highest BCUT2D eigenvalue weighted by Crippen LogP contribution is 2.39. The monoisotopic (exact) mass is 196 g/mol. The van der Waals surface area contributed by atoms with E-state index in [2.05, 4.69) is 37.9 Å². The summed E-state index contributed by atoms with van der Waals surface area (Å²) in [7, 11) is 0. The van der Waals surface area contributed by atoms with E-state index in [1.54, 1.807) is 0 Å². The molecule has 0 amide bonds. The first-order chi connectivity index (χ1) is 6.53. The van der Waals surface area contributed by atoms with E-state index in [9.17, 15) is 0 Å². The van der Waals surface area contributed by atoms with Crippen LogP contribution in [0.2, 0.25) is 0 Å². The Kier molecular flexibility index (Phi) is 2.61. The minimum absolute atomic E-state index is 0.559. The standard InChI is InChI=1S/C12H24N2/c1-9(2)10(3)14-6-11-5-13-7-12(11,4)8-14/h9-11,13H,5-8H2,1-4H3. The molecule has 0 bridgehead atoms. The second-order valence-electron chi connectivity index (χ2n) is 5.90. The lowest BCUT2D eigenvalue weighted by Crippen LogP contribution is -2.38. The zero-order chi connectivity index (χ0) is 10.3. The molecule has 2 saturated heterocycles. The van der Waals surface area contributed by atoms with E-state index in [1.165, 1.54) is 26.2 Å². The van der Waals surface area contributed by atoms with Gasteiger partial charge in [-0.25, -0.2) is 0 Å². The van der Waals surface area contributed by atoms with Gasteiger partial charge in [0.2, 0.25) is 0 Å². The maximum Gasteiger partial charge on any atom is 0.00902 e. The number of rotatable bonds is 2. The van der Waals surface area contributed by atoms with Gasteiger partial charge >= 0.3 is 0 Å². The molecule has 2 aliphatic rings. The Balaban J connectivity index is 2.01. The van der Waals surface area contributed by atoms with E-state index >= 15 is 0 Å². The van der Waals surface area contributed by atoms with Crippen molar-refractivity contribution in [3.05, 3.63) is 0 Å². The number of likely N-dealkylation sites (tertiary alicyclic amines) is 1. The molecule has 0 aromatic rings. The summed E-state index contributed by atoms with van der Waals surface area (Å²) in [6.07, 6.45) is 0. The molecule has 1 N–H and O–H groups in total. The highest BCUT2D eigenvalue weighted by molar-refractivity contribution is 5.01. The number of fused-ring (bicyclic) bond motifs is 1. The molecule has 0 spiro atoms. The van der Waals surface area contributed by atoms with Crippen LogP contribution in [-0.2, 0) is 0 Å². The van der Waals surface area contributed by atoms with Crippen molar-refractivity contribution in [3.8, 4) is 0 Å². The van der Waals surface area contributed by atoms with Crippen molar-refractivity contribution >= 4 is 0 Å². The second kappa shape index (κ2) is 3.49. The molecule has 2 heterocycles. The minimum Gasteiger partial charge on any atom is -0.316 e. The van der Waals surface area contributed by atoms with E-state index in [4.69, 9.17) is 0 Å². The fraction of sp³-hybridized carbons (Fsp3) is 1.00. The molecule has 3 atom stereocenters. The van der Waals surface area contributed by atoms with Crippen molar-refractivity contribution < 1.29 is 0 Å². The fourth-order valence-corrected chi connectivity index (χ4v) is 2.94. The lowest BCUT2D eigenvalue weighted by molar-refractivity contribution is 0.183. The predicted molar refractivity (Wildman–Crippen MR) is 60.3 cm³/mol. The third-order valence-corrected chi connectivity index (χ3v) is 4.47. The summed E-state index contributed by atoms with van der Waals surface area (Å²) in [5, 5.41) is 3.53. The van der Waals surface area contributed by atoms with Crippen LogP contribution in [0.1, 0.15) is 27.7 Å². The molecule has 2 heteroatoms. The first kappa shape index (κ1) is 10.4. The van der Waals surface area contributed by atoms with Gasteiger partial charge in [-0.3, -0.25) is 4.90 Å². The molecule has 3 unspecified atom stereocenters. The fourth-order valence-electron chi connectivity index (χ4n) is 2.94. The minimum atomic E-state index is 0.559. The van der Waals surface area contributed by atoms with E-state index in [0.29, 0.717) is 5.41 Å². The molecule has 0 aliphatic carbocycles. The average molecular weight is 196 g/mol. The Morgan fingerprint density at radius 2 is 2.07 bits per heavy atom. The highest BCUT2D eigenvalue weighted by atomic mass is 15.2. The predicted octanol–water partition coefficient (Wildman–Crippen LogP) is 1.57. The van der Waals surface area contributed by atoms with Gasteiger partial charge < -0.3 is 5.32 Å². The summed E-state index contributed by atoms with van der Waals surface area (Å²) >= 11 is 0. The molecule has 0 radical (unpaired) electrons. The van der Waals surface area contributed by atoms with Crippen LogP contribution in [0.25, 0.3) is 0 Å². The molecule has 14 heavy (non-hydrogen) atoms. The number of hydrogen-bond acceptors (Lipinski definition) is 2. The molecule has 0 aromatic heterocycles. The van der Waals surface area contributed by atoms with Crippen LogP contribution in [0.3, 0.4) is 0 Å². The van der Waals surface area contributed by atoms with Gasteiger partial charge in [0.1, 0.15) is 0 Å². The van der Waals surface area contributed by atoms with E-state index in [0.717, 1.165) is 17.9 Å². The Labute approximate surface area is 88.1 Å². The van der Waals surface area contributed by atoms with E-state index in [-0.39, 0.29) is 0 Å². The van der Waals surface area contributed by atoms with Crippen LogP contribution < -0.4 is 5.32 Å². The van der Waals surface area contributed by atoms with Gasteiger partial charge in [0, 0.05) is 25.7 Å². The second-order valence-corrected chi connectivity index (χ2v) is 5.90. The zero-order valence-electron chi connectivity index (χ0n) is 10.0. The van der Waals surface area contributed by atoms with Crippen LogP contribution in [0, 0.1) is 17.3 Å². The zero-order valence-corrected chi connectivity index (χ0v) is 10.0. The van der Waals surface area contributed by atoms with Gasteiger partial charge in [-0.15, -0.1) is 0 Å². The first-order valence-corrected chi connectivity index (χ1v) is 5.98. The van der Waals surface area contributed by atoms with Crippen molar-refractivity contribution in [1.82, 2.24) is 10.2 Å². The average Bonchev–Trinajstić information content (AvgIpc) is 2.57. The molecule has 2 rings (SSSR count). The van der Waals surface area contributed by atoms with Crippen molar-refractivity contribution in [2.75, 3.05) is 26.2 Å². The van der Waals surface area contributed by atoms with E-state index in [1.807, 2.05) is 0 Å². The maximum atomic E-state index is 3.53. The van der Waals surface area contributed by atoms with Crippen LogP contribution in [0.15, 0.2) is 0 Å². The topological polar surface area (TPSA) is 15.3 Å². The van der Waals surface area contributed by atoms with Gasteiger partial charge in [-0.05, 0) is 30.7 Å². The Bertz CT molecular complexity index is 214. The lowest BCUT2D eigenvalue weighted by atomic mass is 9.83. The molecule has 2 fully saturated rings. The Morgan fingerprint density at radius 3 is 2.64 bits per heavy atom. The van der Waals surface area contributed by atoms with Crippen molar-refractivity contribution in [3.63, 3.8) is 0 Å². The summed E-state index contributed by atoms with van der Waals surface area (Å²) in [6.45, 7) is 14.6. The third-order valence-electron chi connectivity index (χ3n) is 4.47. The van der Waals surface area contributed by atoms with Gasteiger partial charge in [0.05, 0.1) is 0 Å². The Hall–Kier alpha value is -0.0800. The van der Waals surface area contributed by atoms with Gasteiger partial charge in [0.25, 0.3) is 0 Å². The Morgan fingerprint density at radius 1 is 1.36 bits per heavy atom. The largest absolute Gasteiger partial charge is 0.316 e. The number of nitrogens with zero attached hydrogens (tertiary/aromatic N) is 1. The molecule has 0 aromatic carbocycles. The van der Waals surface area contributed by atoms with Gasteiger partial charge in [0.15, 0.2) is 0 Å². The van der Waals surface area contributed by atoms with Crippen molar-refractivity contribution in [2.45, 2.75) is 33.7 Å². The number of hydrogen-bond donors (Lipinski definition) is 1. The summed E-state index contributed by atoms with van der Waals surface area (Å²) in [4.78, 5) is 2.69. The summed E-state index contributed by atoms with van der Waals surface area (Å²) in [6, 6.07) is 0.748. The first-order valence-electron chi connectivity index (χ1n) is 5.98.